The molecular weight excluding hydrogens is 196 g/mol. The molecule has 0 spiro atoms. The fraction of sp³-hybridized carbons (Fsp3) is 0.700. The van der Waals surface area contributed by atoms with E-state index in [2.05, 4.69) is 15.7 Å². The maximum atomic E-state index is 9.59. The molecule has 2 atom stereocenters. The standard InChI is InChI=1S/C10H16N2OS/c1-7-6-14-10(12-7)5-11-8-3-2-4-9(8)13/h6,8-9,11,13H,2-5H2,1H3/t8-,9-/m1/s1. The van der Waals surface area contributed by atoms with Gasteiger partial charge in [-0.15, -0.1) is 11.3 Å². The Morgan fingerprint density at radius 2 is 2.50 bits per heavy atom. The maximum absolute atomic E-state index is 9.59. The van der Waals surface area contributed by atoms with E-state index in [1.807, 2.05) is 6.92 Å². The summed E-state index contributed by atoms with van der Waals surface area (Å²) < 4.78 is 0. The minimum atomic E-state index is -0.156. The molecule has 1 saturated carbocycles. The van der Waals surface area contributed by atoms with Crippen LogP contribution in [0, 0.1) is 6.92 Å². The molecule has 1 fully saturated rings. The number of rotatable bonds is 3. The molecule has 2 rings (SSSR count). The van der Waals surface area contributed by atoms with E-state index in [0.717, 1.165) is 36.5 Å². The molecular formula is C10H16N2OS. The van der Waals surface area contributed by atoms with Crippen LogP contribution < -0.4 is 5.32 Å². The Morgan fingerprint density at radius 1 is 1.64 bits per heavy atom. The molecule has 0 radical (unpaired) electrons. The summed E-state index contributed by atoms with van der Waals surface area (Å²) in [4.78, 5) is 4.37. The first kappa shape index (κ1) is 10.1. The van der Waals surface area contributed by atoms with Crippen molar-refractivity contribution >= 4 is 11.3 Å². The van der Waals surface area contributed by atoms with Crippen molar-refractivity contribution in [2.75, 3.05) is 0 Å². The molecule has 0 saturated heterocycles. The Bertz CT molecular complexity index is 300. The largest absolute Gasteiger partial charge is 0.392 e. The van der Waals surface area contributed by atoms with Crippen LogP contribution in [0.1, 0.15) is 30.0 Å². The van der Waals surface area contributed by atoms with Gasteiger partial charge in [-0.1, -0.05) is 0 Å². The smallest absolute Gasteiger partial charge is 0.107 e. The number of hydrogen-bond donors (Lipinski definition) is 2. The van der Waals surface area contributed by atoms with Crippen LogP contribution in [0.5, 0.6) is 0 Å². The Hall–Kier alpha value is -0.450. The summed E-state index contributed by atoms with van der Waals surface area (Å²) in [5, 5.41) is 16.1. The Balaban J connectivity index is 1.82. The van der Waals surface area contributed by atoms with E-state index < -0.39 is 0 Å². The van der Waals surface area contributed by atoms with Crippen LogP contribution in [0.2, 0.25) is 0 Å². The predicted octanol–water partition coefficient (Wildman–Crippen LogP) is 1.45. The van der Waals surface area contributed by atoms with Gasteiger partial charge in [0.25, 0.3) is 0 Å². The molecule has 0 amide bonds. The van der Waals surface area contributed by atoms with Gasteiger partial charge in [0, 0.05) is 23.7 Å². The van der Waals surface area contributed by atoms with Crippen LogP contribution in [-0.4, -0.2) is 22.2 Å². The number of aryl methyl sites for hydroxylation is 1. The van der Waals surface area contributed by atoms with Gasteiger partial charge in [-0.2, -0.15) is 0 Å². The molecule has 0 aromatic carbocycles. The summed E-state index contributed by atoms with van der Waals surface area (Å²) in [6, 6.07) is 0.277. The van der Waals surface area contributed by atoms with Crippen molar-refractivity contribution in [3.05, 3.63) is 16.1 Å². The van der Waals surface area contributed by atoms with Crippen molar-refractivity contribution < 1.29 is 5.11 Å². The summed E-state index contributed by atoms with van der Waals surface area (Å²) in [5.41, 5.74) is 1.08. The van der Waals surface area contributed by atoms with Gasteiger partial charge in [0.15, 0.2) is 0 Å². The molecule has 2 N–H and O–H groups in total. The summed E-state index contributed by atoms with van der Waals surface area (Å²) >= 11 is 1.68. The van der Waals surface area contributed by atoms with Gasteiger partial charge >= 0.3 is 0 Å². The summed E-state index contributed by atoms with van der Waals surface area (Å²) in [6.45, 7) is 2.80. The highest BCUT2D eigenvalue weighted by Gasteiger charge is 2.24. The average Bonchev–Trinajstić information content (AvgIpc) is 2.72. The van der Waals surface area contributed by atoms with E-state index in [9.17, 15) is 5.11 Å². The molecule has 1 aromatic heterocycles. The summed E-state index contributed by atoms with van der Waals surface area (Å²) in [7, 11) is 0. The van der Waals surface area contributed by atoms with E-state index in [1.54, 1.807) is 11.3 Å². The molecule has 1 aromatic rings. The third-order valence-electron chi connectivity index (χ3n) is 2.66. The number of nitrogens with one attached hydrogen (secondary N) is 1. The zero-order chi connectivity index (χ0) is 9.97. The molecule has 0 unspecified atom stereocenters. The van der Waals surface area contributed by atoms with Crippen molar-refractivity contribution in [2.24, 2.45) is 0 Å². The topological polar surface area (TPSA) is 45.1 Å². The van der Waals surface area contributed by atoms with Crippen molar-refractivity contribution in [3.63, 3.8) is 0 Å². The lowest BCUT2D eigenvalue weighted by molar-refractivity contribution is 0.148. The van der Waals surface area contributed by atoms with E-state index in [1.165, 1.54) is 0 Å². The molecule has 1 heterocycles. The second kappa shape index (κ2) is 4.38. The van der Waals surface area contributed by atoms with Crippen molar-refractivity contribution in [2.45, 2.75) is 44.9 Å². The van der Waals surface area contributed by atoms with Gasteiger partial charge in [-0.3, -0.25) is 0 Å². The van der Waals surface area contributed by atoms with Crippen molar-refractivity contribution in [1.82, 2.24) is 10.3 Å². The van der Waals surface area contributed by atoms with Gasteiger partial charge in [-0.05, 0) is 26.2 Å². The highest BCUT2D eigenvalue weighted by Crippen LogP contribution is 2.19. The lowest BCUT2D eigenvalue weighted by atomic mass is 10.2. The third-order valence-corrected chi connectivity index (χ3v) is 3.63. The summed E-state index contributed by atoms with van der Waals surface area (Å²) in [6.07, 6.45) is 3.01. The van der Waals surface area contributed by atoms with Gasteiger partial charge in [0.05, 0.1) is 6.10 Å². The number of aliphatic hydroxyl groups excluding tert-OH is 1. The predicted molar refractivity (Wildman–Crippen MR) is 57.3 cm³/mol. The molecule has 3 nitrogen and oxygen atoms in total. The molecule has 0 aliphatic heterocycles. The summed E-state index contributed by atoms with van der Waals surface area (Å²) in [5.74, 6) is 0. The van der Waals surface area contributed by atoms with Crippen LogP contribution >= 0.6 is 11.3 Å². The van der Waals surface area contributed by atoms with E-state index in [0.29, 0.717) is 0 Å². The minimum absolute atomic E-state index is 0.156. The number of thiazole rings is 1. The third kappa shape index (κ3) is 2.32. The molecule has 4 heteroatoms. The van der Waals surface area contributed by atoms with Crippen LogP contribution in [0.3, 0.4) is 0 Å². The quantitative estimate of drug-likeness (QED) is 0.797. The highest BCUT2D eigenvalue weighted by atomic mass is 32.1. The Morgan fingerprint density at radius 3 is 3.07 bits per heavy atom. The van der Waals surface area contributed by atoms with Crippen LogP contribution in [0.4, 0.5) is 0 Å². The number of hydrogen-bond acceptors (Lipinski definition) is 4. The van der Waals surface area contributed by atoms with Crippen molar-refractivity contribution in [1.29, 1.82) is 0 Å². The minimum Gasteiger partial charge on any atom is -0.392 e. The lowest BCUT2D eigenvalue weighted by Gasteiger charge is -2.14. The van der Waals surface area contributed by atoms with E-state index in [-0.39, 0.29) is 12.1 Å². The first-order valence-corrected chi connectivity index (χ1v) is 5.96. The molecule has 14 heavy (non-hydrogen) atoms. The van der Waals surface area contributed by atoms with Gasteiger partial charge in [0.2, 0.25) is 0 Å². The van der Waals surface area contributed by atoms with Crippen LogP contribution in [-0.2, 0) is 6.54 Å². The molecule has 1 aliphatic rings. The van der Waals surface area contributed by atoms with E-state index >= 15 is 0 Å². The molecule has 78 valence electrons. The first-order valence-electron chi connectivity index (χ1n) is 5.08. The Labute approximate surface area is 88.2 Å². The fourth-order valence-corrected chi connectivity index (χ4v) is 2.60. The molecule has 1 aliphatic carbocycles. The SMILES string of the molecule is Cc1csc(CN[C@@H]2CCC[C@H]2O)n1. The normalized spacial score (nSPS) is 27.0. The number of aromatic nitrogens is 1. The highest BCUT2D eigenvalue weighted by molar-refractivity contribution is 7.09. The fourth-order valence-electron chi connectivity index (χ4n) is 1.88. The number of nitrogens with zero attached hydrogens (tertiary/aromatic N) is 1. The second-order valence-electron chi connectivity index (χ2n) is 3.87. The monoisotopic (exact) mass is 212 g/mol. The van der Waals surface area contributed by atoms with E-state index in [4.69, 9.17) is 0 Å². The lowest BCUT2D eigenvalue weighted by Crippen LogP contribution is -2.34. The van der Waals surface area contributed by atoms with Gasteiger partial charge in [-0.25, -0.2) is 4.98 Å². The molecule has 0 bridgehead atoms. The maximum Gasteiger partial charge on any atom is 0.107 e. The number of aliphatic hydroxyl groups is 1. The zero-order valence-corrected chi connectivity index (χ0v) is 9.18. The van der Waals surface area contributed by atoms with Gasteiger partial charge in [0.1, 0.15) is 5.01 Å². The van der Waals surface area contributed by atoms with Crippen LogP contribution in [0.25, 0.3) is 0 Å². The van der Waals surface area contributed by atoms with Gasteiger partial charge < -0.3 is 10.4 Å². The zero-order valence-electron chi connectivity index (χ0n) is 8.36. The van der Waals surface area contributed by atoms with Crippen LogP contribution in [0.15, 0.2) is 5.38 Å². The average molecular weight is 212 g/mol. The second-order valence-corrected chi connectivity index (χ2v) is 4.81. The first-order chi connectivity index (χ1) is 6.75. The van der Waals surface area contributed by atoms with Crippen molar-refractivity contribution in [3.8, 4) is 0 Å². The Kier molecular flexibility index (Phi) is 3.15.